The number of para-hydroxylation sites is 2. The van der Waals surface area contributed by atoms with E-state index in [-0.39, 0.29) is 41.5 Å². The maximum atomic E-state index is 12.8. The van der Waals surface area contributed by atoms with Crippen LogP contribution in [0, 0.1) is 0 Å². The van der Waals surface area contributed by atoms with Gasteiger partial charge in [-0.25, -0.2) is 8.42 Å². The Labute approximate surface area is 176 Å². The lowest BCUT2D eigenvalue weighted by Crippen LogP contribution is -2.49. The summed E-state index contributed by atoms with van der Waals surface area (Å²) in [6, 6.07) is 11.1. The highest BCUT2D eigenvalue weighted by Crippen LogP contribution is 2.25. The minimum atomic E-state index is -4.44. The van der Waals surface area contributed by atoms with Crippen molar-refractivity contribution < 1.29 is 31.2 Å². The number of alkyl halides is 3. The maximum Gasteiger partial charge on any atom is 0.405 e. The van der Waals surface area contributed by atoms with Gasteiger partial charge >= 0.3 is 6.18 Å². The van der Waals surface area contributed by atoms with Crippen LogP contribution in [0.1, 0.15) is 10.4 Å². The summed E-state index contributed by atoms with van der Waals surface area (Å²) in [5, 5.41) is 7.23. The van der Waals surface area contributed by atoms with E-state index in [1.54, 1.807) is 0 Å². The number of benzene rings is 2. The zero-order valence-electron chi connectivity index (χ0n) is 16.1. The van der Waals surface area contributed by atoms with Crippen molar-refractivity contribution in [1.82, 2.24) is 9.62 Å². The topological polar surface area (TPSA) is 108 Å². The smallest absolute Gasteiger partial charge is 0.375 e. The van der Waals surface area contributed by atoms with Gasteiger partial charge in [-0.1, -0.05) is 18.2 Å². The molecule has 2 aromatic carbocycles. The standard InChI is InChI=1S/C19H19F3N4O4S/c20-19(21,22)12-24-15-6-1-2-7-16(15)25-18(28)13-4-3-5-14(10-13)31(29,30)26-9-8-23-17(27)11-26/h1-7,10,24H,8-9,11-12H2,(H,23,27)(H,25,28). The molecule has 12 heteroatoms. The molecule has 1 aliphatic rings. The van der Waals surface area contributed by atoms with Crippen molar-refractivity contribution in [2.24, 2.45) is 0 Å². The van der Waals surface area contributed by atoms with Gasteiger partial charge in [0, 0.05) is 18.7 Å². The number of nitrogens with zero attached hydrogens (tertiary/aromatic N) is 1. The number of carbonyl (C=O) groups excluding carboxylic acids is 2. The Morgan fingerprint density at radius 2 is 1.81 bits per heavy atom. The molecule has 0 atom stereocenters. The summed E-state index contributed by atoms with van der Waals surface area (Å²) in [6.07, 6.45) is -4.44. The molecule has 1 aliphatic heterocycles. The first kappa shape index (κ1) is 22.6. The molecule has 0 spiro atoms. The Morgan fingerprint density at radius 1 is 1.10 bits per heavy atom. The second-order valence-corrected chi connectivity index (χ2v) is 8.62. The number of anilines is 2. The molecule has 1 heterocycles. The van der Waals surface area contributed by atoms with Crippen molar-refractivity contribution in [3.63, 3.8) is 0 Å². The lowest BCUT2D eigenvalue weighted by molar-refractivity contribution is -0.122. The fourth-order valence-corrected chi connectivity index (χ4v) is 4.35. The highest BCUT2D eigenvalue weighted by Gasteiger charge is 2.30. The number of hydrogen-bond acceptors (Lipinski definition) is 5. The van der Waals surface area contributed by atoms with E-state index in [4.69, 9.17) is 0 Å². The quantitative estimate of drug-likeness (QED) is 0.617. The average Bonchev–Trinajstić information content (AvgIpc) is 2.72. The third-order valence-corrected chi connectivity index (χ3v) is 6.23. The summed E-state index contributed by atoms with van der Waals surface area (Å²) in [7, 11) is -4.00. The number of piperazine rings is 1. The second kappa shape index (κ2) is 8.94. The lowest BCUT2D eigenvalue weighted by Gasteiger charge is -2.26. The van der Waals surface area contributed by atoms with Crippen LogP contribution in [0.5, 0.6) is 0 Å². The van der Waals surface area contributed by atoms with Crippen molar-refractivity contribution >= 4 is 33.2 Å². The van der Waals surface area contributed by atoms with E-state index >= 15 is 0 Å². The van der Waals surface area contributed by atoms with Crippen molar-refractivity contribution in [3.8, 4) is 0 Å². The zero-order valence-corrected chi connectivity index (χ0v) is 16.9. The molecule has 166 valence electrons. The third kappa shape index (κ3) is 5.73. The van der Waals surface area contributed by atoms with E-state index in [9.17, 15) is 31.2 Å². The minimum Gasteiger partial charge on any atom is -0.375 e. The molecule has 0 radical (unpaired) electrons. The van der Waals surface area contributed by atoms with Gasteiger partial charge in [0.15, 0.2) is 0 Å². The largest absolute Gasteiger partial charge is 0.405 e. The highest BCUT2D eigenvalue weighted by atomic mass is 32.2. The van der Waals surface area contributed by atoms with E-state index in [1.165, 1.54) is 42.5 Å². The van der Waals surface area contributed by atoms with Crippen molar-refractivity contribution in [2.75, 3.05) is 36.8 Å². The van der Waals surface area contributed by atoms with E-state index in [1.807, 2.05) is 0 Å². The molecule has 3 N–H and O–H groups in total. The number of nitrogens with one attached hydrogen (secondary N) is 3. The number of carbonyl (C=O) groups is 2. The maximum absolute atomic E-state index is 12.8. The number of hydrogen-bond donors (Lipinski definition) is 3. The van der Waals surface area contributed by atoms with E-state index in [0.29, 0.717) is 0 Å². The Morgan fingerprint density at radius 3 is 2.48 bits per heavy atom. The summed E-state index contributed by atoms with van der Waals surface area (Å²) >= 11 is 0. The summed E-state index contributed by atoms with van der Waals surface area (Å²) < 4.78 is 64.1. The Kier molecular flexibility index (Phi) is 6.51. The van der Waals surface area contributed by atoms with Gasteiger partial charge in [0.05, 0.1) is 22.8 Å². The average molecular weight is 456 g/mol. The van der Waals surface area contributed by atoms with Gasteiger partial charge in [-0.05, 0) is 30.3 Å². The van der Waals surface area contributed by atoms with Gasteiger partial charge < -0.3 is 16.0 Å². The molecule has 31 heavy (non-hydrogen) atoms. The van der Waals surface area contributed by atoms with Gasteiger partial charge in [-0.3, -0.25) is 9.59 Å². The van der Waals surface area contributed by atoms with E-state index in [2.05, 4.69) is 16.0 Å². The van der Waals surface area contributed by atoms with Gasteiger partial charge in [0.25, 0.3) is 5.91 Å². The predicted molar refractivity (Wildman–Crippen MR) is 107 cm³/mol. The molecular weight excluding hydrogens is 437 g/mol. The molecule has 1 saturated heterocycles. The van der Waals surface area contributed by atoms with Crippen molar-refractivity contribution in [3.05, 3.63) is 54.1 Å². The Bertz CT molecular complexity index is 1090. The van der Waals surface area contributed by atoms with Crippen molar-refractivity contribution in [1.29, 1.82) is 0 Å². The minimum absolute atomic E-state index is 0.00633. The number of halogens is 3. The SMILES string of the molecule is O=C1CN(S(=O)(=O)c2cccc(C(=O)Nc3ccccc3NCC(F)(F)F)c2)CCN1. The molecule has 1 fully saturated rings. The van der Waals surface area contributed by atoms with E-state index in [0.717, 1.165) is 10.4 Å². The first-order valence-electron chi connectivity index (χ1n) is 9.14. The van der Waals surface area contributed by atoms with Crippen LogP contribution in [0.25, 0.3) is 0 Å². The highest BCUT2D eigenvalue weighted by molar-refractivity contribution is 7.89. The molecule has 0 saturated carbocycles. The monoisotopic (exact) mass is 456 g/mol. The molecule has 3 rings (SSSR count). The molecular formula is C19H19F3N4O4S. The summed E-state index contributed by atoms with van der Waals surface area (Å²) in [6.45, 7) is -1.32. The number of rotatable bonds is 6. The van der Waals surface area contributed by atoms with Crippen LogP contribution < -0.4 is 16.0 Å². The van der Waals surface area contributed by atoms with Gasteiger partial charge in [-0.2, -0.15) is 17.5 Å². The molecule has 0 aliphatic carbocycles. The van der Waals surface area contributed by atoms with Crippen LogP contribution in [-0.4, -0.2) is 56.9 Å². The molecule has 8 nitrogen and oxygen atoms in total. The molecule has 2 aromatic rings. The lowest BCUT2D eigenvalue weighted by atomic mass is 10.2. The van der Waals surface area contributed by atoms with Crippen LogP contribution in [0.15, 0.2) is 53.4 Å². The van der Waals surface area contributed by atoms with Crippen LogP contribution in [0.2, 0.25) is 0 Å². The van der Waals surface area contributed by atoms with Crippen molar-refractivity contribution in [2.45, 2.75) is 11.1 Å². The summed E-state index contributed by atoms with van der Waals surface area (Å²) in [4.78, 5) is 24.0. The first-order valence-corrected chi connectivity index (χ1v) is 10.6. The van der Waals surface area contributed by atoms with Crippen LogP contribution in [0.3, 0.4) is 0 Å². The van der Waals surface area contributed by atoms with E-state index < -0.39 is 34.6 Å². The molecule has 0 aromatic heterocycles. The van der Waals surface area contributed by atoms with Gasteiger partial charge in [0.1, 0.15) is 6.54 Å². The molecule has 0 unspecified atom stereocenters. The summed E-state index contributed by atoms with van der Waals surface area (Å²) in [5.41, 5.74) is 0.169. The summed E-state index contributed by atoms with van der Waals surface area (Å²) in [5.74, 6) is -1.12. The molecule has 2 amide bonds. The fraction of sp³-hybridized carbons (Fsp3) is 0.263. The fourth-order valence-electron chi connectivity index (χ4n) is 2.90. The van der Waals surface area contributed by atoms with Crippen LogP contribution in [-0.2, 0) is 14.8 Å². The normalized spacial score (nSPS) is 15.3. The van der Waals surface area contributed by atoms with Crippen LogP contribution in [0.4, 0.5) is 24.5 Å². The second-order valence-electron chi connectivity index (χ2n) is 6.68. The molecule has 0 bridgehead atoms. The Balaban J connectivity index is 1.79. The number of sulfonamides is 1. The van der Waals surface area contributed by atoms with Gasteiger partial charge in [0.2, 0.25) is 15.9 Å². The third-order valence-electron chi connectivity index (χ3n) is 4.39. The van der Waals surface area contributed by atoms with Crippen LogP contribution >= 0.6 is 0 Å². The predicted octanol–water partition coefficient (Wildman–Crippen LogP) is 2.03. The zero-order chi connectivity index (χ0) is 22.6. The Hall–Kier alpha value is -3.12. The number of amides is 2. The first-order chi connectivity index (χ1) is 14.6. The van der Waals surface area contributed by atoms with Gasteiger partial charge in [-0.15, -0.1) is 0 Å².